The second-order valence-electron chi connectivity index (χ2n) is 7.01. The van der Waals surface area contributed by atoms with Crippen LogP contribution in [0.4, 0.5) is 17.1 Å². The Kier molecular flexibility index (Phi) is 6.53. The van der Waals surface area contributed by atoms with Gasteiger partial charge in [-0.2, -0.15) is 0 Å². The Morgan fingerprint density at radius 3 is 2.26 bits per heavy atom. The molecule has 1 aliphatic rings. The molecule has 2 aromatic rings. The van der Waals surface area contributed by atoms with Gasteiger partial charge in [-0.3, -0.25) is 25.0 Å². The maximum absolute atomic E-state index is 12.2. The Morgan fingerprint density at radius 1 is 1.03 bits per heavy atom. The van der Waals surface area contributed by atoms with E-state index in [2.05, 4.69) is 10.6 Å². The largest absolute Gasteiger partial charge is 0.493 e. The molecule has 1 amide bonds. The fourth-order valence-corrected chi connectivity index (χ4v) is 3.08. The first kappa shape index (κ1) is 21.8. The molecule has 0 bridgehead atoms. The van der Waals surface area contributed by atoms with Gasteiger partial charge in [-0.15, -0.1) is 0 Å². The molecule has 0 atom stereocenters. The van der Waals surface area contributed by atoms with Gasteiger partial charge < -0.3 is 20.1 Å². The van der Waals surface area contributed by atoms with Crippen LogP contribution in [0.5, 0.6) is 11.5 Å². The predicted molar refractivity (Wildman–Crippen MR) is 112 cm³/mol. The normalized spacial score (nSPS) is 12.7. The second-order valence-corrected chi connectivity index (χ2v) is 7.01. The summed E-state index contributed by atoms with van der Waals surface area (Å²) in [5.41, 5.74) is 0.431. The molecule has 2 aromatic carbocycles. The van der Waals surface area contributed by atoms with Gasteiger partial charge in [0.25, 0.3) is 17.3 Å². The van der Waals surface area contributed by atoms with E-state index in [4.69, 9.17) is 9.47 Å². The van der Waals surface area contributed by atoms with Crippen LogP contribution in [-0.4, -0.2) is 42.6 Å². The monoisotopic (exact) mass is 430 g/mol. The number of carbonyl (C=O) groups is 1. The Balaban J connectivity index is 1.76. The molecular weight excluding hydrogens is 408 g/mol. The van der Waals surface area contributed by atoms with Gasteiger partial charge in [0.1, 0.15) is 5.69 Å². The minimum absolute atomic E-state index is 0.138. The topological polar surface area (TPSA) is 146 Å². The van der Waals surface area contributed by atoms with Gasteiger partial charge in [0, 0.05) is 29.8 Å². The zero-order valence-corrected chi connectivity index (χ0v) is 17.0. The first-order valence-corrected chi connectivity index (χ1v) is 9.56. The summed E-state index contributed by atoms with van der Waals surface area (Å²) in [6.07, 6.45) is 2.03. The number of rotatable bonds is 10. The third-order valence-electron chi connectivity index (χ3n) is 4.86. The summed E-state index contributed by atoms with van der Waals surface area (Å²) >= 11 is 0. The highest BCUT2D eigenvalue weighted by Gasteiger charge is 2.25. The van der Waals surface area contributed by atoms with E-state index in [-0.39, 0.29) is 53.3 Å². The number of anilines is 1. The maximum atomic E-state index is 12.2. The SMILES string of the molecule is COc1cc(CCNc2ccc(C(=O)NC3CC3)cc2[N+](=O)[O-])c([N+](=O)[O-])cc1OC. The molecule has 1 saturated carbocycles. The van der Waals surface area contributed by atoms with Crippen molar-refractivity contribution in [2.24, 2.45) is 0 Å². The molecule has 0 spiro atoms. The summed E-state index contributed by atoms with van der Waals surface area (Å²) < 4.78 is 10.3. The van der Waals surface area contributed by atoms with Crippen molar-refractivity contribution in [1.82, 2.24) is 5.32 Å². The number of benzene rings is 2. The average Bonchev–Trinajstić information content (AvgIpc) is 3.57. The van der Waals surface area contributed by atoms with Gasteiger partial charge in [0.05, 0.1) is 30.1 Å². The number of amides is 1. The Bertz CT molecular complexity index is 1020. The number of carbonyl (C=O) groups excluding carboxylic acids is 1. The summed E-state index contributed by atoms with van der Waals surface area (Å²) in [5.74, 6) is 0.236. The molecule has 1 aliphatic carbocycles. The van der Waals surface area contributed by atoms with Crippen LogP contribution in [0.2, 0.25) is 0 Å². The highest BCUT2D eigenvalue weighted by molar-refractivity contribution is 5.96. The van der Waals surface area contributed by atoms with Crippen LogP contribution in [0.15, 0.2) is 30.3 Å². The van der Waals surface area contributed by atoms with Crippen LogP contribution >= 0.6 is 0 Å². The van der Waals surface area contributed by atoms with Gasteiger partial charge in [0.15, 0.2) is 11.5 Å². The molecule has 2 N–H and O–H groups in total. The number of nitro groups is 2. The highest BCUT2D eigenvalue weighted by Crippen LogP contribution is 2.35. The van der Waals surface area contributed by atoms with Crippen molar-refractivity contribution in [1.29, 1.82) is 0 Å². The summed E-state index contributed by atoms with van der Waals surface area (Å²) in [4.78, 5) is 33.9. The molecule has 1 fully saturated rings. The average molecular weight is 430 g/mol. The molecular formula is C20H22N4O7. The number of nitrogens with zero attached hydrogens (tertiary/aromatic N) is 2. The van der Waals surface area contributed by atoms with Crippen molar-refractivity contribution < 1.29 is 24.1 Å². The van der Waals surface area contributed by atoms with Crippen LogP contribution < -0.4 is 20.1 Å². The van der Waals surface area contributed by atoms with Crippen molar-refractivity contribution in [2.45, 2.75) is 25.3 Å². The van der Waals surface area contributed by atoms with Crippen molar-refractivity contribution in [3.05, 3.63) is 61.7 Å². The minimum Gasteiger partial charge on any atom is -0.493 e. The maximum Gasteiger partial charge on any atom is 0.293 e. The lowest BCUT2D eigenvalue weighted by atomic mass is 10.1. The van der Waals surface area contributed by atoms with E-state index in [1.807, 2.05) is 0 Å². The van der Waals surface area contributed by atoms with Crippen molar-refractivity contribution in [3.8, 4) is 11.5 Å². The lowest BCUT2D eigenvalue weighted by Gasteiger charge is -2.12. The third kappa shape index (κ3) is 5.18. The molecule has 0 radical (unpaired) electrons. The van der Waals surface area contributed by atoms with E-state index in [0.717, 1.165) is 12.8 Å². The van der Waals surface area contributed by atoms with E-state index in [9.17, 15) is 25.0 Å². The van der Waals surface area contributed by atoms with E-state index in [0.29, 0.717) is 11.3 Å². The fourth-order valence-electron chi connectivity index (χ4n) is 3.08. The lowest BCUT2D eigenvalue weighted by Crippen LogP contribution is -2.25. The first-order valence-electron chi connectivity index (χ1n) is 9.56. The molecule has 31 heavy (non-hydrogen) atoms. The smallest absolute Gasteiger partial charge is 0.293 e. The summed E-state index contributed by atoms with van der Waals surface area (Å²) in [6, 6.07) is 7.12. The Labute approximate surface area is 177 Å². The number of ether oxygens (including phenoxy) is 2. The van der Waals surface area contributed by atoms with Crippen LogP contribution in [0.3, 0.4) is 0 Å². The molecule has 3 rings (SSSR count). The van der Waals surface area contributed by atoms with Gasteiger partial charge >= 0.3 is 0 Å². The molecule has 0 heterocycles. The van der Waals surface area contributed by atoms with E-state index in [1.165, 1.54) is 44.6 Å². The van der Waals surface area contributed by atoms with Gasteiger partial charge in [-0.05, 0) is 37.5 Å². The van der Waals surface area contributed by atoms with E-state index >= 15 is 0 Å². The van der Waals surface area contributed by atoms with Crippen LogP contribution in [-0.2, 0) is 6.42 Å². The van der Waals surface area contributed by atoms with Crippen LogP contribution in [0, 0.1) is 20.2 Å². The summed E-state index contributed by atoms with van der Waals surface area (Å²) in [6.45, 7) is 0.185. The van der Waals surface area contributed by atoms with E-state index < -0.39 is 9.85 Å². The molecule has 11 heteroatoms. The molecule has 164 valence electrons. The molecule has 0 aliphatic heterocycles. The van der Waals surface area contributed by atoms with Crippen molar-refractivity contribution >= 4 is 23.0 Å². The Morgan fingerprint density at radius 2 is 1.68 bits per heavy atom. The zero-order valence-electron chi connectivity index (χ0n) is 17.0. The van der Waals surface area contributed by atoms with E-state index in [1.54, 1.807) is 0 Å². The number of hydrogen-bond donors (Lipinski definition) is 2. The fraction of sp³-hybridized carbons (Fsp3) is 0.350. The number of methoxy groups -OCH3 is 2. The number of nitro benzene ring substituents is 2. The van der Waals surface area contributed by atoms with Gasteiger partial charge in [-0.25, -0.2) is 0 Å². The quantitative estimate of drug-likeness (QED) is 0.432. The first-order chi connectivity index (χ1) is 14.8. The van der Waals surface area contributed by atoms with Crippen molar-refractivity contribution in [3.63, 3.8) is 0 Å². The second kappa shape index (κ2) is 9.28. The van der Waals surface area contributed by atoms with Gasteiger partial charge in [-0.1, -0.05) is 0 Å². The number of nitrogens with one attached hydrogen (secondary N) is 2. The summed E-state index contributed by atoms with van der Waals surface area (Å²) in [5, 5.41) is 28.6. The lowest BCUT2D eigenvalue weighted by molar-refractivity contribution is -0.385. The zero-order chi connectivity index (χ0) is 22.5. The van der Waals surface area contributed by atoms with Crippen molar-refractivity contribution in [2.75, 3.05) is 26.1 Å². The standard InChI is InChI=1S/C20H22N4O7/c1-30-18-10-12(16(23(26)27)11-19(18)31-2)7-8-21-15-6-3-13(9-17(15)24(28)29)20(25)22-14-4-5-14/h3,6,9-11,14,21H,4-5,7-8H2,1-2H3,(H,22,25). The summed E-state index contributed by atoms with van der Waals surface area (Å²) in [7, 11) is 2.81. The Hall–Kier alpha value is -3.89. The van der Waals surface area contributed by atoms with Gasteiger partial charge in [0.2, 0.25) is 0 Å². The molecule has 0 aromatic heterocycles. The molecule has 0 unspecified atom stereocenters. The third-order valence-corrected chi connectivity index (χ3v) is 4.86. The minimum atomic E-state index is -0.574. The highest BCUT2D eigenvalue weighted by atomic mass is 16.6. The predicted octanol–water partition coefficient (Wildman–Crippen LogP) is 3.07. The number of hydrogen-bond acceptors (Lipinski definition) is 8. The molecule has 11 nitrogen and oxygen atoms in total. The van der Waals surface area contributed by atoms with Crippen LogP contribution in [0.1, 0.15) is 28.8 Å². The van der Waals surface area contributed by atoms with Crippen LogP contribution in [0.25, 0.3) is 0 Å². The molecule has 0 saturated heterocycles.